The third kappa shape index (κ3) is 8.14. The van der Waals surface area contributed by atoms with Crippen LogP contribution in [0.25, 0.3) is 0 Å². The SMILES string of the molecule is COC(=O)[C@@H](CCCc1ccccc1)NC(=O)[C@H](CC(C)C)NC(C)=O. The van der Waals surface area contributed by atoms with E-state index in [-0.39, 0.29) is 17.7 Å². The summed E-state index contributed by atoms with van der Waals surface area (Å²) in [6.07, 6.45) is 2.52. The zero-order valence-electron chi connectivity index (χ0n) is 16.1. The summed E-state index contributed by atoms with van der Waals surface area (Å²) in [5.41, 5.74) is 1.18. The van der Waals surface area contributed by atoms with Crippen LogP contribution >= 0.6 is 0 Å². The summed E-state index contributed by atoms with van der Waals surface area (Å²) in [6.45, 7) is 5.32. The van der Waals surface area contributed by atoms with Crippen LogP contribution in [0.2, 0.25) is 0 Å². The Hall–Kier alpha value is -2.37. The van der Waals surface area contributed by atoms with Gasteiger partial charge in [-0.2, -0.15) is 0 Å². The van der Waals surface area contributed by atoms with Crippen LogP contribution < -0.4 is 10.6 Å². The van der Waals surface area contributed by atoms with Gasteiger partial charge in [-0.3, -0.25) is 9.59 Å². The fraction of sp³-hybridized carbons (Fsp3) is 0.550. The first-order chi connectivity index (χ1) is 12.3. The lowest BCUT2D eigenvalue weighted by molar-refractivity contribution is -0.145. The van der Waals surface area contributed by atoms with Gasteiger partial charge in [0.2, 0.25) is 11.8 Å². The first-order valence-electron chi connectivity index (χ1n) is 9.02. The van der Waals surface area contributed by atoms with E-state index in [1.165, 1.54) is 19.6 Å². The van der Waals surface area contributed by atoms with Crippen molar-refractivity contribution < 1.29 is 19.1 Å². The highest BCUT2D eigenvalue weighted by Crippen LogP contribution is 2.10. The highest BCUT2D eigenvalue weighted by molar-refractivity contribution is 5.90. The van der Waals surface area contributed by atoms with Crippen LogP contribution in [0.4, 0.5) is 0 Å². The van der Waals surface area contributed by atoms with Crippen molar-refractivity contribution in [2.75, 3.05) is 7.11 Å². The number of amides is 2. The summed E-state index contributed by atoms with van der Waals surface area (Å²) >= 11 is 0. The van der Waals surface area contributed by atoms with E-state index in [4.69, 9.17) is 4.74 Å². The van der Waals surface area contributed by atoms with Crippen LogP contribution in [-0.2, 0) is 25.5 Å². The highest BCUT2D eigenvalue weighted by atomic mass is 16.5. The van der Waals surface area contributed by atoms with Gasteiger partial charge in [0.05, 0.1) is 7.11 Å². The van der Waals surface area contributed by atoms with Crippen LogP contribution in [0, 0.1) is 5.92 Å². The molecule has 0 bridgehead atoms. The number of carbonyl (C=O) groups excluding carboxylic acids is 3. The first kappa shape index (κ1) is 21.7. The molecule has 1 aromatic carbocycles. The number of hydrogen-bond acceptors (Lipinski definition) is 4. The molecule has 1 aromatic rings. The zero-order chi connectivity index (χ0) is 19.5. The molecule has 1 rings (SSSR count). The topological polar surface area (TPSA) is 84.5 Å². The van der Waals surface area contributed by atoms with E-state index in [1.54, 1.807) is 0 Å². The van der Waals surface area contributed by atoms with Crippen molar-refractivity contribution in [2.24, 2.45) is 5.92 Å². The van der Waals surface area contributed by atoms with E-state index >= 15 is 0 Å². The van der Waals surface area contributed by atoms with Crippen molar-refractivity contribution >= 4 is 17.8 Å². The molecule has 2 N–H and O–H groups in total. The fourth-order valence-corrected chi connectivity index (χ4v) is 2.77. The number of nitrogens with one attached hydrogen (secondary N) is 2. The van der Waals surface area contributed by atoms with Gasteiger partial charge in [-0.1, -0.05) is 44.2 Å². The van der Waals surface area contributed by atoms with Crippen molar-refractivity contribution in [3.63, 3.8) is 0 Å². The third-order valence-electron chi connectivity index (χ3n) is 4.00. The molecule has 0 saturated carbocycles. The molecule has 2 amide bonds. The number of benzene rings is 1. The number of ether oxygens (including phenoxy) is 1. The maximum absolute atomic E-state index is 12.5. The number of rotatable bonds is 10. The molecule has 0 spiro atoms. The van der Waals surface area contributed by atoms with Crippen molar-refractivity contribution in [1.82, 2.24) is 10.6 Å². The van der Waals surface area contributed by atoms with E-state index in [1.807, 2.05) is 44.2 Å². The van der Waals surface area contributed by atoms with Crippen molar-refractivity contribution in [1.29, 1.82) is 0 Å². The van der Waals surface area contributed by atoms with Crippen molar-refractivity contribution in [3.8, 4) is 0 Å². The number of aryl methyl sites for hydroxylation is 1. The molecule has 6 nitrogen and oxygen atoms in total. The largest absolute Gasteiger partial charge is 0.467 e. The van der Waals surface area contributed by atoms with Gasteiger partial charge >= 0.3 is 5.97 Å². The normalized spacial score (nSPS) is 13.0. The quantitative estimate of drug-likeness (QED) is 0.625. The molecule has 26 heavy (non-hydrogen) atoms. The first-order valence-corrected chi connectivity index (χ1v) is 9.02. The Kier molecular flexibility index (Phi) is 9.41. The molecule has 6 heteroatoms. The third-order valence-corrected chi connectivity index (χ3v) is 4.00. The Balaban J connectivity index is 2.67. The van der Waals surface area contributed by atoms with Gasteiger partial charge in [-0.25, -0.2) is 4.79 Å². The van der Waals surface area contributed by atoms with E-state index in [2.05, 4.69) is 10.6 Å². The lowest BCUT2D eigenvalue weighted by atomic mass is 10.0. The Morgan fingerprint density at radius 2 is 1.69 bits per heavy atom. The molecule has 0 heterocycles. The van der Waals surface area contributed by atoms with Crippen LogP contribution in [0.5, 0.6) is 0 Å². The molecule has 0 radical (unpaired) electrons. The summed E-state index contributed by atoms with van der Waals surface area (Å²) in [4.78, 5) is 35.9. The molecule has 2 atom stereocenters. The van der Waals surface area contributed by atoms with E-state index in [0.717, 1.165) is 12.8 Å². The average Bonchev–Trinajstić information content (AvgIpc) is 2.59. The molecule has 0 saturated heterocycles. The predicted octanol–water partition coefficient (Wildman–Crippen LogP) is 2.22. The highest BCUT2D eigenvalue weighted by Gasteiger charge is 2.27. The summed E-state index contributed by atoms with van der Waals surface area (Å²) < 4.78 is 4.82. The molecule has 144 valence electrons. The second-order valence-corrected chi connectivity index (χ2v) is 6.84. The van der Waals surface area contributed by atoms with Crippen LogP contribution in [0.15, 0.2) is 30.3 Å². The molecule has 0 aliphatic carbocycles. The molecular weight excluding hydrogens is 332 g/mol. The van der Waals surface area contributed by atoms with Gasteiger partial charge in [-0.15, -0.1) is 0 Å². The molecule has 0 aliphatic heterocycles. The van der Waals surface area contributed by atoms with E-state index < -0.39 is 18.1 Å². The molecule has 0 aromatic heterocycles. The minimum absolute atomic E-state index is 0.229. The smallest absolute Gasteiger partial charge is 0.328 e. The second-order valence-electron chi connectivity index (χ2n) is 6.84. The number of methoxy groups -OCH3 is 1. The number of esters is 1. The molecule has 0 fully saturated rings. The van der Waals surface area contributed by atoms with E-state index in [9.17, 15) is 14.4 Å². The summed E-state index contributed by atoms with van der Waals surface area (Å²) in [5.74, 6) is -0.877. The lowest BCUT2D eigenvalue weighted by Crippen LogP contribution is -2.51. The maximum Gasteiger partial charge on any atom is 0.328 e. The lowest BCUT2D eigenvalue weighted by Gasteiger charge is -2.23. The van der Waals surface area contributed by atoms with Gasteiger partial charge < -0.3 is 15.4 Å². The van der Waals surface area contributed by atoms with Gasteiger partial charge in [0, 0.05) is 6.92 Å². The summed E-state index contributed by atoms with van der Waals surface area (Å²) in [5, 5.41) is 5.39. The maximum atomic E-state index is 12.5. The Morgan fingerprint density at radius 1 is 1.04 bits per heavy atom. The Bertz CT molecular complexity index is 587. The summed E-state index contributed by atoms with van der Waals surface area (Å²) in [6, 6.07) is 8.58. The monoisotopic (exact) mass is 362 g/mol. The predicted molar refractivity (Wildman–Crippen MR) is 100 cm³/mol. The van der Waals surface area contributed by atoms with Gasteiger partial charge in [0.15, 0.2) is 0 Å². The molecular formula is C20H30N2O4. The zero-order valence-corrected chi connectivity index (χ0v) is 16.1. The molecule has 0 aliphatic rings. The van der Waals surface area contributed by atoms with Crippen LogP contribution in [-0.4, -0.2) is 37.0 Å². The number of hydrogen-bond donors (Lipinski definition) is 2. The summed E-state index contributed by atoms with van der Waals surface area (Å²) in [7, 11) is 1.30. The second kappa shape index (κ2) is 11.3. The van der Waals surface area contributed by atoms with Crippen LogP contribution in [0.3, 0.4) is 0 Å². The standard InChI is InChI=1S/C20H30N2O4/c1-14(2)13-18(21-15(3)23)19(24)22-17(20(25)26-4)12-8-11-16-9-6-5-7-10-16/h5-7,9-10,14,17-18H,8,11-13H2,1-4H3,(H,21,23)(H,22,24)/t17-,18+/m1/s1. The molecule has 0 unspecified atom stereocenters. The minimum atomic E-state index is -0.723. The van der Waals surface area contributed by atoms with Gasteiger partial charge in [-0.05, 0) is 37.2 Å². The van der Waals surface area contributed by atoms with Crippen LogP contribution in [0.1, 0.15) is 45.6 Å². The van der Waals surface area contributed by atoms with Crippen molar-refractivity contribution in [2.45, 2.75) is 58.5 Å². The number of carbonyl (C=O) groups is 3. The average molecular weight is 362 g/mol. The van der Waals surface area contributed by atoms with Gasteiger partial charge in [0.25, 0.3) is 0 Å². The minimum Gasteiger partial charge on any atom is -0.467 e. The Morgan fingerprint density at radius 3 is 2.23 bits per heavy atom. The van der Waals surface area contributed by atoms with Gasteiger partial charge in [0.1, 0.15) is 12.1 Å². The van der Waals surface area contributed by atoms with E-state index in [0.29, 0.717) is 12.8 Å². The fourth-order valence-electron chi connectivity index (χ4n) is 2.77. The van der Waals surface area contributed by atoms with Crippen molar-refractivity contribution in [3.05, 3.63) is 35.9 Å². The Labute approximate surface area is 155 Å².